The third kappa shape index (κ3) is 7.93. The zero-order chi connectivity index (χ0) is 52.6. The third-order valence-electron chi connectivity index (χ3n) is 26.6. The summed E-state index contributed by atoms with van der Waals surface area (Å²) < 4.78 is 29.8. The molecule has 0 spiro atoms. The van der Waals surface area contributed by atoms with Gasteiger partial charge in [0.15, 0.2) is 22.4 Å². The fourth-order valence-corrected chi connectivity index (χ4v) is 22.7. The van der Waals surface area contributed by atoms with E-state index in [4.69, 9.17) is 16.5 Å². The Bertz CT molecular complexity index is 2220. The number of rotatable bonds is 10. The zero-order valence-electron chi connectivity index (χ0n) is 47.4. The van der Waals surface area contributed by atoms with Crippen LogP contribution in [0.3, 0.4) is 0 Å². The van der Waals surface area contributed by atoms with Crippen LogP contribution in [0.2, 0.25) is 36.3 Å². The summed E-state index contributed by atoms with van der Waals surface area (Å²) in [6.07, 6.45) is 19.2. The third-order valence-corrected chi connectivity index (χ3v) is 35.7. The number of hydrogen-bond donors (Lipinski definition) is 4. The molecule has 12 heteroatoms. The van der Waals surface area contributed by atoms with Crippen molar-refractivity contribution in [1.29, 1.82) is 0 Å². The van der Waals surface area contributed by atoms with E-state index in [0.717, 1.165) is 108 Å². The number of ketones is 1. The average Bonchev–Trinajstić information content (AvgIpc) is 4.09. The van der Waals surface area contributed by atoms with Crippen LogP contribution in [0.15, 0.2) is 11.6 Å². The van der Waals surface area contributed by atoms with E-state index in [0.29, 0.717) is 71.4 Å². The monoisotopic (exact) mass is 1080 g/mol. The summed E-state index contributed by atoms with van der Waals surface area (Å²) in [7, 11) is -3.49. The first-order valence-corrected chi connectivity index (χ1v) is 36.3. The number of aliphatic hydroxyl groups excluding tert-OH is 1. The molecule has 409 valence electrons. The van der Waals surface area contributed by atoms with Crippen LogP contribution in [0.4, 0.5) is 0 Å². The minimum atomic E-state index is -1.75. The first-order valence-electron chi connectivity index (χ1n) is 29.5. The molecule has 12 aliphatic carbocycles. The van der Waals surface area contributed by atoms with E-state index in [2.05, 4.69) is 102 Å². The summed E-state index contributed by atoms with van der Waals surface area (Å²) in [5.41, 5.74) is 0.0302. The second-order valence-electron chi connectivity index (χ2n) is 31.4. The zero-order valence-corrected chi connectivity index (χ0v) is 50.6. The molecule has 0 aliphatic heterocycles. The normalized spacial score (nSPS) is 51.7. The fourth-order valence-electron chi connectivity index (χ4n) is 20.5. The number of carbonyl (C=O) groups excluding carboxylic acids is 1. The van der Waals surface area contributed by atoms with Crippen molar-refractivity contribution in [1.82, 2.24) is 0 Å². The Kier molecular flexibility index (Phi) is 13.5. The molecule has 22 atom stereocenters. The SMILES string of the molecule is CC(C)(C)[Si](C)(C)OCCC[C@]1(O)[C@H]2C[C@H]2C2C3C(CC[C@@]21C)[C@@]1(C)CCC(=O)C=C1[C@@H]1C[C@H]31.CC(C)(C)[Si](C)(C)OCCC[C@]1(O)[C@H]2C[C@H]2C2C3C(CC[C@@]21C)[C@@]1(C)CC[C@H](O)C[C@@]1(O)[C@@H]1C[C@H]31.[O]=[Mn]=[O]. The standard InChI is InChI=1S/C30H52O4Si.C30H48O3Si.Mn.2O/c1-26(2,3)35(6,7)34-14-8-11-29(32)23-16-20(23)25-24-19-15-22(19)30(33)17-18(31)9-12-27(30,4)21(24)10-13-28(25,29)5;1-27(2,3)34(6,7)33-14-8-11-30(32)24-17-21(24)26-25-20-16-19(20)23-15-18(31)9-12-28(23,4)22(25)10-13-29(26,30)5;;;/h18-25,31-33H,8-17H2,1-7H3;15,19-22,24-26,32H,8-14,16-17H2,1-7H3;;;/t18-,19-,20+,21?,22+,23-,24?,25?,27+,28-,29-,30+;19-,20+,21-,22?,24+,25?,26?,28-,29+,30+;;;/m01.../s1. The second kappa shape index (κ2) is 17.6. The van der Waals surface area contributed by atoms with Crippen LogP contribution >= 0.6 is 0 Å². The van der Waals surface area contributed by atoms with Gasteiger partial charge in [0.05, 0.1) is 22.9 Å². The van der Waals surface area contributed by atoms with E-state index in [1.54, 1.807) is 0 Å². The molecule has 0 saturated heterocycles. The number of carbonyl (C=O) groups is 1. The molecule has 12 rings (SSSR count). The quantitative estimate of drug-likeness (QED) is 0.124. The molecule has 6 unspecified atom stereocenters. The van der Waals surface area contributed by atoms with Gasteiger partial charge in [-0.2, -0.15) is 0 Å². The van der Waals surface area contributed by atoms with Crippen LogP contribution in [0.25, 0.3) is 0 Å². The molecule has 0 bridgehead atoms. The van der Waals surface area contributed by atoms with Crippen molar-refractivity contribution < 1.29 is 56.6 Å². The summed E-state index contributed by atoms with van der Waals surface area (Å²) >= 11 is -1.44. The van der Waals surface area contributed by atoms with Crippen molar-refractivity contribution in [2.75, 3.05) is 13.2 Å². The van der Waals surface area contributed by atoms with E-state index in [-0.39, 0.29) is 37.8 Å². The number of hydrogen-bond acceptors (Lipinski definition) is 9. The van der Waals surface area contributed by atoms with Crippen molar-refractivity contribution in [3.8, 4) is 0 Å². The first kappa shape index (κ1) is 55.1. The van der Waals surface area contributed by atoms with Crippen LogP contribution in [0.1, 0.15) is 178 Å². The van der Waals surface area contributed by atoms with Crippen molar-refractivity contribution in [2.24, 2.45) is 105 Å². The van der Waals surface area contributed by atoms with E-state index in [1.807, 2.05) is 0 Å². The van der Waals surface area contributed by atoms with Gasteiger partial charge < -0.3 is 29.3 Å². The molecule has 0 aromatic carbocycles. The average molecular weight is 1080 g/mol. The maximum absolute atomic E-state index is 12.4. The molecule has 72 heavy (non-hydrogen) atoms. The van der Waals surface area contributed by atoms with Crippen LogP contribution < -0.4 is 0 Å². The van der Waals surface area contributed by atoms with E-state index in [1.165, 1.54) is 37.7 Å². The summed E-state index contributed by atoms with van der Waals surface area (Å²) in [6, 6.07) is 0. The van der Waals surface area contributed by atoms with Crippen molar-refractivity contribution in [3.05, 3.63) is 11.6 Å². The van der Waals surface area contributed by atoms with Crippen molar-refractivity contribution >= 4 is 22.4 Å². The van der Waals surface area contributed by atoms with Gasteiger partial charge in [0.2, 0.25) is 0 Å². The second-order valence-corrected chi connectivity index (χ2v) is 41.2. The van der Waals surface area contributed by atoms with Gasteiger partial charge in [0.25, 0.3) is 0 Å². The summed E-state index contributed by atoms with van der Waals surface area (Å²) in [6.45, 7) is 34.5. The van der Waals surface area contributed by atoms with Gasteiger partial charge in [-0.15, -0.1) is 0 Å². The number of allylic oxidation sites excluding steroid dienone is 1. The topological polar surface area (TPSA) is 151 Å². The molecule has 4 N–H and O–H groups in total. The molecule has 0 radical (unpaired) electrons. The van der Waals surface area contributed by atoms with Crippen molar-refractivity contribution in [2.45, 2.75) is 238 Å². The van der Waals surface area contributed by atoms with E-state index >= 15 is 0 Å². The molecule has 0 aromatic heterocycles. The van der Waals surface area contributed by atoms with Crippen LogP contribution in [-0.2, 0) is 36.1 Å². The van der Waals surface area contributed by atoms with Gasteiger partial charge in [0.1, 0.15) is 0 Å². The van der Waals surface area contributed by atoms with Gasteiger partial charge in [-0.1, -0.05) is 74.8 Å². The van der Waals surface area contributed by atoms with Gasteiger partial charge in [-0.25, -0.2) is 0 Å². The van der Waals surface area contributed by atoms with Gasteiger partial charge in [-0.3, -0.25) is 4.79 Å². The number of aliphatic hydroxyl groups is 4. The number of fused-ring (bicyclic) bond motifs is 20. The molecule has 9 nitrogen and oxygen atoms in total. The Hall–Kier alpha value is -0.277. The molecule has 0 amide bonds. The molecular weight excluding hydrogens is 976 g/mol. The van der Waals surface area contributed by atoms with Crippen molar-refractivity contribution in [3.63, 3.8) is 0 Å². The van der Waals surface area contributed by atoms with Crippen LogP contribution in [0.5, 0.6) is 0 Å². The molecule has 0 aromatic rings. The van der Waals surface area contributed by atoms with Crippen LogP contribution in [0, 0.1) is 105 Å². The first-order chi connectivity index (χ1) is 33.3. The van der Waals surface area contributed by atoms with Gasteiger partial charge in [-0.05, 0) is 243 Å². The molecule has 0 heterocycles. The Morgan fingerprint density at radius 2 is 1.08 bits per heavy atom. The molecular formula is C60H100MnO9Si2. The predicted molar refractivity (Wildman–Crippen MR) is 281 cm³/mol. The Labute approximate surface area is 443 Å². The molecule has 11 saturated carbocycles. The Morgan fingerprint density at radius 1 is 0.625 bits per heavy atom. The van der Waals surface area contributed by atoms with E-state index in [9.17, 15) is 25.2 Å². The summed E-state index contributed by atoms with van der Waals surface area (Å²) in [4.78, 5) is 12.3. The predicted octanol–water partition coefficient (Wildman–Crippen LogP) is 12.3. The minimum absolute atomic E-state index is 0.00581. The summed E-state index contributed by atoms with van der Waals surface area (Å²) in [5, 5.41) is 47.7. The molecule has 11 fully saturated rings. The maximum atomic E-state index is 12.4. The van der Waals surface area contributed by atoms with Gasteiger partial charge in [0, 0.05) is 26.1 Å². The van der Waals surface area contributed by atoms with E-state index < -0.39 is 48.3 Å². The molecule has 12 aliphatic rings. The fraction of sp³-hybridized carbons (Fsp3) is 0.950. The summed E-state index contributed by atoms with van der Waals surface area (Å²) in [5.74, 6) is 9.22. The Morgan fingerprint density at radius 3 is 1.58 bits per heavy atom. The Balaban J connectivity index is 0.000000157. The van der Waals surface area contributed by atoms with Gasteiger partial charge >= 0.3 is 22.5 Å². The van der Waals surface area contributed by atoms with Crippen LogP contribution in [-0.4, -0.2) is 79.0 Å².